The van der Waals surface area contributed by atoms with Crippen molar-refractivity contribution in [1.82, 2.24) is 14.7 Å². The first kappa shape index (κ1) is 14.5. The highest BCUT2D eigenvalue weighted by molar-refractivity contribution is 8.12. The molecule has 100 valence electrons. The van der Waals surface area contributed by atoms with Crippen molar-refractivity contribution in [1.29, 1.82) is 0 Å². The number of hydrogen-bond acceptors (Lipinski definition) is 6. The number of aromatic nitrogens is 2. The van der Waals surface area contributed by atoms with E-state index in [1.54, 1.807) is 6.07 Å². The highest BCUT2D eigenvalue weighted by Crippen LogP contribution is 2.12. The summed E-state index contributed by atoms with van der Waals surface area (Å²) in [6, 6.07) is 0.543. The topological polar surface area (TPSA) is 110 Å². The fourth-order valence-electron chi connectivity index (χ4n) is 1.05. The Morgan fingerprint density at radius 2 is 2.17 bits per heavy atom. The summed E-state index contributed by atoms with van der Waals surface area (Å²) in [4.78, 5) is 19.0. The van der Waals surface area contributed by atoms with Crippen LogP contribution in [0.25, 0.3) is 0 Å². The minimum absolute atomic E-state index is 0.0796. The van der Waals surface area contributed by atoms with Crippen LogP contribution in [0.5, 0.6) is 5.88 Å². The average molecular weight is 295 g/mol. The van der Waals surface area contributed by atoms with E-state index in [-0.39, 0.29) is 11.8 Å². The molecule has 10 heteroatoms. The molecular formula is C8H11ClN4O4S. The van der Waals surface area contributed by atoms with Gasteiger partial charge in [0.2, 0.25) is 11.8 Å². The van der Waals surface area contributed by atoms with Crippen molar-refractivity contribution >= 4 is 31.9 Å². The molecule has 0 fully saturated rings. The van der Waals surface area contributed by atoms with Gasteiger partial charge in [-0.2, -0.15) is 13.4 Å². The van der Waals surface area contributed by atoms with Crippen LogP contribution in [0, 0.1) is 0 Å². The molecule has 0 unspecified atom stereocenters. The van der Waals surface area contributed by atoms with Crippen LogP contribution in [-0.2, 0) is 15.7 Å². The summed E-state index contributed by atoms with van der Waals surface area (Å²) in [6.45, 7) is 1.86. The van der Waals surface area contributed by atoms with Gasteiger partial charge in [-0.05, 0) is 6.42 Å². The van der Waals surface area contributed by atoms with E-state index >= 15 is 0 Å². The van der Waals surface area contributed by atoms with Crippen LogP contribution in [0.15, 0.2) is 6.07 Å². The maximum absolute atomic E-state index is 11.2. The van der Waals surface area contributed by atoms with Gasteiger partial charge in [0, 0.05) is 22.4 Å². The van der Waals surface area contributed by atoms with Crippen LogP contribution in [-0.4, -0.2) is 31.5 Å². The summed E-state index contributed by atoms with van der Waals surface area (Å²) in [6.07, 6.45) is 0.600. The molecule has 0 radical (unpaired) electrons. The maximum atomic E-state index is 11.2. The Labute approximate surface area is 108 Å². The second kappa shape index (κ2) is 5.83. The Morgan fingerprint density at radius 1 is 1.50 bits per heavy atom. The van der Waals surface area contributed by atoms with Crippen molar-refractivity contribution < 1.29 is 17.9 Å². The minimum Gasteiger partial charge on any atom is -0.481 e. The Hall–Kier alpha value is -1.61. The molecule has 1 aromatic heterocycles. The van der Waals surface area contributed by atoms with Crippen molar-refractivity contribution in [2.24, 2.45) is 0 Å². The first-order valence-corrected chi connectivity index (χ1v) is 7.10. The van der Waals surface area contributed by atoms with Gasteiger partial charge in [0.25, 0.3) is 0 Å². The molecule has 0 aliphatic heterocycles. The number of halogens is 1. The van der Waals surface area contributed by atoms with Crippen LogP contribution >= 0.6 is 10.7 Å². The number of nitrogens with zero attached hydrogens (tertiary/aromatic N) is 2. The van der Waals surface area contributed by atoms with Crippen molar-refractivity contribution in [3.8, 4) is 5.88 Å². The monoisotopic (exact) mass is 294 g/mol. The molecule has 0 spiro atoms. The number of carbonyl (C=O) groups is 1. The second-order valence-electron chi connectivity index (χ2n) is 3.07. The molecule has 1 heterocycles. The molecule has 0 saturated heterocycles. The van der Waals surface area contributed by atoms with Crippen molar-refractivity contribution in [2.45, 2.75) is 13.3 Å². The highest BCUT2D eigenvalue weighted by atomic mass is 35.7. The molecule has 1 aromatic rings. The fourth-order valence-corrected chi connectivity index (χ4v) is 1.53. The molecule has 0 aromatic carbocycles. The molecular weight excluding hydrogens is 284 g/mol. The van der Waals surface area contributed by atoms with E-state index < -0.39 is 15.3 Å². The molecule has 2 amide bonds. The van der Waals surface area contributed by atoms with E-state index in [4.69, 9.17) is 15.4 Å². The summed E-state index contributed by atoms with van der Waals surface area (Å²) in [5, 5.41) is 2.13. The third-order valence-corrected chi connectivity index (χ3v) is 2.43. The van der Waals surface area contributed by atoms with Crippen LogP contribution in [0.4, 0.5) is 10.7 Å². The van der Waals surface area contributed by atoms with Gasteiger partial charge in [-0.1, -0.05) is 6.92 Å². The molecule has 0 bridgehead atoms. The number of aryl methyl sites for hydroxylation is 1. The number of anilines is 1. The Morgan fingerprint density at radius 3 is 2.67 bits per heavy atom. The number of amides is 2. The number of nitrogens with one attached hydrogen (secondary N) is 2. The van der Waals surface area contributed by atoms with E-state index in [1.165, 1.54) is 11.8 Å². The molecule has 0 aliphatic carbocycles. The van der Waals surface area contributed by atoms with Gasteiger partial charge in [-0.25, -0.2) is 14.5 Å². The van der Waals surface area contributed by atoms with Gasteiger partial charge in [0.15, 0.2) is 0 Å². The van der Waals surface area contributed by atoms with Crippen molar-refractivity contribution in [2.75, 3.05) is 12.4 Å². The zero-order chi connectivity index (χ0) is 13.8. The van der Waals surface area contributed by atoms with Gasteiger partial charge >= 0.3 is 15.3 Å². The maximum Gasteiger partial charge on any atom is 0.336 e. The lowest BCUT2D eigenvalue weighted by atomic mass is 10.3. The molecule has 2 N–H and O–H groups in total. The molecule has 8 nitrogen and oxygen atoms in total. The van der Waals surface area contributed by atoms with E-state index in [2.05, 4.69) is 15.3 Å². The lowest BCUT2D eigenvalue weighted by Crippen LogP contribution is -2.32. The lowest BCUT2D eigenvalue weighted by Gasteiger charge is -2.07. The van der Waals surface area contributed by atoms with E-state index in [0.29, 0.717) is 12.1 Å². The molecule has 0 aliphatic rings. The highest BCUT2D eigenvalue weighted by Gasteiger charge is 2.12. The zero-order valence-electron chi connectivity index (χ0n) is 9.60. The molecule has 0 saturated carbocycles. The Bertz CT molecular complexity index is 526. The quantitative estimate of drug-likeness (QED) is 0.789. The first-order chi connectivity index (χ1) is 8.34. The van der Waals surface area contributed by atoms with Gasteiger partial charge in [0.1, 0.15) is 0 Å². The van der Waals surface area contributed by atoms with Gasteiger partial charge in [-0.3, -0.25) is 5.32 Å². The standard InChI is InChI=1S/C8H11ClN4O4S/c1-3-5-4-6(17-2)11-7(10-5)12-8(14)13-18(9,15)16/h4H,3H2,1-2H3,(H2,10,11,12,13,14). The van der Waals surface area contributed by atoms with Crippen LogP contribution in [0.3, 0.4) is 0 Å². The third-order valence-electron chi connectivity index (χ3n) is 1.77. The number of rotatable bonds is 4. The predicted molar refractivity (Wildman–Crippen MR) is 64.9 cm³/mol. The third kappa shape index (κ3) is 4.72. The number of urea groups is 1. The second-order valence-corrected chi connectivity index (χ2v) is 5.37. The van der Waals surface area contributed by atoms with Crippen LogP contribution in [0.2, 0.25) is 0 Å². The van der Waals surface area contributed by atoms with Crippen LogP contribution in [0.1, 0.15) is 12.6 Å². The summed E-state index contributed by atoms with van der Waals surface area (Å²) >= 11 is 0. The van der Waals surface area contributed by atoms with E-state index in [0.717, 1.165) is 0 Å². The SMILES string of the molecule is CCc1cc(OC)nc(NC(=O)NS(=O)(=O)Cl)n1. The average Bonchev–Trinajstić information content (AvgIpc) is 2.25. The summed E-state index contributed by atoms with van der Waals surface area (Å²) in [5.74, 6) is 0.176. The normalized spacial score (nSPS) is 10.8. The van der Waals surface area contributed by atoms with E-state index in [9.17, 15) is 13.2 Å². The lowest BCUT2D eigenvalue weighted by molar-refractivity contribution is 0.256. The smallest absolute Gasteiger partial charge is 0.336 e. The van der Waals surface area contributed by atoms with Crippen molar-refractivity contribution in [3.63, 3.8) is 0 Å². The molecule has 18 heavy (non-hydrogen) atoms. The minimum atomic E-state index is -4.15. The Balaban J connectivity index is 2.87. The number of hydrogen-bond donors (Lipinski definition) is 2. The number of carbonyl (C=O) groups excluding carboxylic acids is 1. The summed E-state index contributed by atoms with van der Waals surface area (Å²) in [7, 11) is 2.11. The van der Waals surface area contributed by atoms with Gasteiger partial charge in [-0.15, -0.1) is 0 Å². The Kier molecular flexibility index (Phi) is 4.68. The summed E-state index contributed by atoms with van der Waals surface area (Å²) < 4.78 is 27.6. The first-order valence-electron chi connectivity index (χ1n) is 4.79. The van der Waals surface area contributed by atoms with Gasteiger partial charge in [0.05, 0.1) is 7.11 Å². The number of ether oxygens (including phenoxy) is 1. The van der Waals surface area contributed by atoms with E-state index in [1.807, 2.05) is 6.92 Å². The summed E-state index contributed by atoms with van der Waals surface area (Å²) in [5.41, 5.74) is 0.630. The van der Waals surface area contributed by atoms with Crippen LogP contribution < -0.4 is 14.8 Å². The predicted octanol–water partition coefficient (Wildman–Crippen LogP) is 0.653. The molecule has 0 atom stereocenters. The largest absolute Gasteiger partial charge is 0.481 e. The fraction of sp³-hybridized carbons (Fsp3) is 0.375. The van der Waals surface area contributed by atoms with Gasteiger partial charge < -0.3 is 4.74 Å². The zero-order valence-corrected chi connectivity index (χ0v) is 11.2. The molecule has 1 rings (SSSR count). The number of methoxy groups -OCH3 is 1. The van der Waals surface area contributed by atoms with Crippen molar-refractivity contribution in [3.05, 3.63) is 11.8 Å².